The Labute approximate surface area is 153 Å². The van der Waals surface area contributed by atoms with Gasteiger partial charge in [0.25, 0.3) is 0 Å². The smallest absolute Gasteiger partial charge is 0.200 e. The Morgan fingerprint density at radius 1 is 1.15 bits per heavy atom. The highest BCUT2D eigenvalue weighted by atomic mass is 16.5. The van der Waals surface area contributed by atoms with Crippen molar-refractivity contribution in [3.8, 4) is 17.0 Å². The summed E-state index contributed by atoms with van der Waals surface area (Å²) in [5.74, 6) is 0.833. The lowest BCUT2D eigenvalue weighted by Crippen LogP contribution is -2.22. The van der Waals surface area contributed by atoms with Crippen molar-refractivity contribution >= 4 is 11.3 Å². The molecule has 0 bridgehead atoms. The Hall–Kier alpha value is -2.67. The number of anilines is 1. The standard InChI is InChI=1S/C19H24N6O/c1-26-16-7-5-15(6-8-16)17-13-18(19-22-21-14-25(19)23-17)20-9-4-12-24-10-2-3-11-24/h5-8,13-14,20H,2-4,9-12H2,1H3. The molecule has 0 saturated carbocycles. The van der Waals surface area contributed by atoms with E-state index >= 15 is 0 Å². The molecule has 4 rings (SSSR count). The van der Waals surface area contributed by atoms with Gasteiger partial charge in [0.2, 0.25) is 5.65 Å². The first-order valence-corrected chi connectivity index (χ1v) is 9.15. The Kier molecular flexibility index (Phi) is 4.97. The van der Waals surface area contributed by atoms with Gasteiger partial charge in [0.1, 0.15) is 12.1 Å². The fraction of sp³-hybridized carbons (Fsp3) is 0.421. The van der Waals surface area contributed by atoms with Crippen molar-refractivity contribution in [2.45, 2.75) is 19.3 Å². The van der Waals surface area contributed by atoms with Crippen molar-refractivity contribution in [3.05, 3.63) is 36.7 Å². The van der Waals surface area contributed by atoms with Gasteiger partial charge in [-0.05, 0) is 69.2 Å². The molecule has 26 heavy (non-hydrogen) atoms. The third-order valence-electron chi connectivity index (χ3n) is 4.82. The molecule has 0 aliphatic carbocycles. The first-order chi connectivity index (χ1) is 12.8. The molecule has 1 aromatic carbocycles. The number of rotatable bonds is 7. The molecule has 3 aromatic rings. The molecule has 1 aliphatic heterocycles. The summed E-state index contributed by atoms with van der Waals surface area (Å²) in [5, 5.41) is 16.3. The van der Waals surface area contributed by atoms with Gasteiger partial charge in [0.05, 0.1) is 18.5 Å². The van der Waals surface area contributed by atoms with Crippen LogP contribution in [-0.4, -0.2) is 58.0 Å². The van der Waals surface area contributed by atoms with Crippen molar-refractivity contribution < 1.29 is 4.74 Å². The van der Waals surface area contributed by atoms with Crippen LogP contribution < -0.4 is 10.1 Å². The number of hydrogen-bond acceptors (Lipinski definition) is 6. The summed E-state index contributed by atoms with van der Waals surface area (Å²) in [6.07, 6.45) is 5.42. The summed E-state index contributed by atoms with van der Waals surface area (Å²) < 4.78 is 6.96. The SMILES string of the molecule is COc1ccc(-c2cc(NCCCN3CCCC3)c3nncn3n2)cc1. The molecule has 7 nitrogen and oxygen atoms in total. The number of methoxy groups -OCH3 is 1. The molecule has 7 heteroatoms. The Morgan fingerprint density at radius 3 is 2.73 bits per heavy atom. The molecule has 0 spiro atoms. The average molecular weight is 352 g/mol. The number of ether oxygens (including phenoxy) is 1. The van der Waals surface area contributed by atoms with E-state index in [0.29, 0.717) is 0 Å². The van der Waals surface area contributed by atoms with Crippen molar-refractivity contribution in [2.24, 2.45) is 0 Å². The van der Waals surface area contributed by atoms with Gasteiger partial charge in [-0.2, -0.15) is 9.61 Å². The van der Waals surface area contributed by atoms with E-state index in [1.54, 1.807) is 18.0 Å². The lowest BCUT2D eigenvalue weighted by Gasteiger charge is -2.15. The monoisotopic (exact) mass is 352 g/mol. The van der Waals surface area contributed by atoms with E-state index in [4.69, 9.17) is 4.74 Å². The van der Waals surface area contributed by atoms with Crippen molar-refractivity contribution in [3.63, 3.8) is 0 Å². The molecule has 136 valence electrons. The van der Waals surface area contributed by atoms with Crippen LogP contribution in [0, 0.1) is 0 Å². The molecule has 3 heterocycles. The molecule has 0 radical (unpaired) electrons. The second kappa shape index (κ2) is 7.70. The zero-order chi connectivity index (χ0) is 17.8. The second-order valence-corrected chi connectivity index (χ2v) is 6.60. The third kappa shape index (κ3) is 3.62. The maximum absolute atomic E-state index is 5.23. The Balaban J connectivity index is 1.50. The number of nitrogens with one attached hydrogen (secondary N) is 1. The largest absolute Gasteiger partial charge is 0.497 e. The maximum Gasteiger partial charge on any atom is 0.200 e. The fourth-order valence-corrected chi connectivity index (χ4v) is 3.39. The summed E-state index contributed by atoms with van der Waals surface area (Å²) in [7, 11) is 1.67. The topological polar surface area (TPSA) is 67.6 Å². The molecule has 0 unspecified atom stereocenters. The maximum atomic E-state index is 5.23. The van der Waals surface area contributed by atoms with E-state index < -0.39 is 0 Å². The van der Waals surface area contributed by atoms with E-state index in [0.717, 1.165) is 47.9 Å². The van der Waals surface area contributed by atoms with Crippen molar-refractivity contribution in [1.82, 2.24) is 24.7 Å². The lowest BCUT2D eigenvalue weighted by atomic mass is 10.1. The summed E-state index contributed by atoms with van der Waals surface area (Å²) in [5.41, 5.74) is 3.62. The molecule has 1 saturated heterocycles. The molecule has 2 aromatic heterocycles. The van der Waals surface area contributed by atoms with Gasteiger partial charge in [-0.25, -0.2) is 0 Å². The summed E-state index contributed by atoms with van der Waals surface area (Å²) in [6, 6.07) is 9.94. The van der Waals surface area contributed by atoms with Crippen LogP contribution in [0.25, 0.3) is 16.9 Å². The predicted molar refractivity (Wildman–Crippen MR) is 102 cm³/mol. The minimum Gasteiger partial charge on any atom is -0.497 e. The van der Waals surface area contributed by atoms with Crippen LogP contribution in [0.4, 0.5) is 5.69 Å². The molecular weight excluding hydrogens is 328 g/mol. The minimum atomic E-state index is 0.753. The van der Waals surface area contributed by atoms with Gasteiger partial charge in [-0.3, -0.25) is 0 Å². The van der Waals surface area contributed by atoms with Gasteiger partial charge in [0.15, 0.2) is 0 Å². The number of aromatic nitrogens is 4. The van der Waals surface area contributed by atoms with Gasteiger partial charge in [-0.15, -0.1) is 10.2 Å². The number of nitrogens with zero attached hydrogens (tertiary/aromatic N) is 5. The van der Waals surface area contributed by atoms with Gasteiger partial charge < -0.3 is 15.0 Å². The number of hydrogen-bond donors (Lipinski definition) is 1. The van der Waals surface area contributed by atoms with Crippen LogP contribution in [0.1, 0.15) is 19.3 Å². The number of likely N-dealkylation sites (tertiary alicyclic amines) is 1. The lowest BCUT2D eigenvalue weighted by molar-refractivity contribution is 0.337. The highest BCUT2D eigenvalue weighted by molar-refractivity contribution is 5.73. The first-order valence-electron chi connectivity index (χ1n) is 9.15. The van der Waals surface area contributed by atoms with E-state index in [2.05, 4.69) is 25.5 Å². The first kappa shape index (κ1) is 16.8. The Bertz CT molecular complexity index is 854. The van der Waals surface area contributed by atoms with Crippen LogP contribution in [0.3, 0.4) is 0 Å². The van der Waals surface area contributed by atoms with Crippen LogP contribution in [0.5, 0.6) is 5.75 Å². The third-order valence-corrected chi connectivity index (χ3v) is 4.82. The molecule has 1 aliphatic rings. The van der Waals surface area contributed by atoms with Gasteiger partial charge in [0, 0.05) is 12.1 Å². The van der Waals surface area contributed by atoms with E-state index in [9.17, 15) is 0 Å². The fourth-order valence-electron chi connectivity index (χ4n) is 3.39. The molecule has 1 fully saturated rings. The zero-order valence-corrected chi connectivity index (χ0v) is 15.1. The molecular formula is C19H24N6O. The van der Waals surface area contributed by atoms with Gasteiger partial charge >= 0.3 is 0 Å². The molecule has 1 N–H and O–H groups in total. The summed E-state index contributed by atoms with van der Waals surface area (Å²) in [4.78, 5) is 2.53. The molecule has 0 amide bonds. The molecule has 0 atom stereocenters. The number of benzene rings is 1. The van der Waals surface area contributed by atoms with Crippen LogP contribution in [0.2, 0.25) is 0 Å². The summed E-state index contributed by atoms with van der Waals surface area (Å²) in [6.45, 7) is 4.54. The highest BCUT2D eigenvalue weighted by Gasteiger charge is 2.12. The van der Waals surface area contributed by atoms with Crippen LogP contribution in [-0.2, 0) is 0 Å². The van der Waals surface area contributed by atoms with E-state index in [1.165, 1.54) is 25.9 Å². The minimum absolute atomic E-state index is 0.753. The van der Waals surface area contributed by atoms with Crippen LogP contribution in [0.15, 0.2) is 36.7 Å². The second-order valence-electron chi connectivity index (χ2n) is 6.60. The summed E-state index contributed by atoms with van der Waals surface area (Å²) >= 11 is 0. The number of fused-ring (bicyclic) bond motifs is 1. The quantitative estimate of drug-likeness (QED) is 0.660. The Morgan fingerprint density at radius 2 is 1.96 bits per heavy atom. The predicted octanol–water partition coefficient (Wildman–Crippen LogP) is 2.70. The average Bonchev–Trinajstić information content (AvgIpc) is 3.36. The highest BCUT2D eigenvalue weighted by Crippen LogP contribution is 2.25. The van der Waals surface area contributed by atoms with E-state index in [-0.39, 0.29) is 0 Å². The van der Waals surface area contributed by atoms with E-state index in [1.807, 2.05) is 30.3 Å². The zero-order valence-electron chi connectivity index (χ0n) is 15.1. The normalized spacial score (nSPS) is 14.8. The van der Waals surface area contributed by atoms with Gasteiger partial charge in [-0.1, -0.05) is 0 Å². The van der Waals surface area contributed by atoms with Crippen molar-refractivity contribution in [1.29, 1.82) is 0 Å². The van der Waals surface area contributed by atoms with Crippen molar-refractivity contribution in [2.75, 3.05) is 38.6 Å². The van der Waals surface area contributed by atoms with Crippen LogP contribution >= 0.6 is 0 Å².